The molecule has 0 fully saturated rings. The summed E-state index contributed by atoms with van der Waals surface area (Å²) < 4.78 is 10.7. The average molecular weight is 619 g/mol. The molecule has 0 saturated heterocycles. The number of benzene rings is 4. The van der Waals surface area contributed by atoms with Crippen LogP contribution in [0.4, 0.5) is 0 Å². The Labute approximate surface area is 277 Å². The first-order valence-electron chi connectivity index (χ1n) is 16.9. The second-order valence-corrected chi connectivity index (χ2v) is 12.7. The van der Waals surface area contributed by atoms with Crippen LogP contribution in [0, 0.1) is 13.8 Å². The van der Waals surface area contributed by atoms with Crippen LogP contribution in [0.25, 0.3) is 44.4 Å². The summed E-state index contributed by atoms with van der Waals surface area (Å²) in [6.45, 7) is 8.85. The van der Waals surface area contributed by atoms with Gasteiger partial charge in [-0.05, 0) is 104 Å². The Morgan fingerprint density at radius 1 is 0.681 bits per heavy atom. The zero-order valence-corrected chi connectivity index (χ0v) is 27.8. The number of aromatic nitrogens is 4. The van der Waals surface area contributed by atoms with Gasteiger partial charge in [-0.15, -0.1) is 0 Å². The average Bonchev–Trinajstić information content (AvgIpc) is 3.69. The van der Waals surface area contributed by atoms with Crippen molar-refractivity contribution in [3.63, 3.8) is 0 Å². The van der Waals surface area contributed by atoms with E-state index in [1.165, 1.54) is 69.8 Å². The molecule has 0 N–H and O–H groups in total. The number of ether oxygens (including phenoxy) is 1. The molecule has 5 nitrogen and oxygen atoms in total. The fourth-order valence-electron chi connectivity index (χ4n) is 6.76. The van der Waals surface area contributed by atoms with E-state index in [0.29, 0.717) is 0 Å². The standard InChI is InChI=1S/C42H42N4O/c1-5-7-12-31-22-30(4)23-32(13-8-6-2)42(31)33-27-44-45(28-33)34-14-11-15-35(25-34)47-36-18-19-38-37-16-9-10-17-39(37)46(40(38)26-36)41-24-29(3)20-21-43-41/h9-11,14-28H,5-8,12-13H2,1-4H3. The Kier molecular flexibility index (Phi) is 8.62. The van der Waals surface area contributed by atoms with Crippen LogP contribution in [0.1, 0.15) is 61.8 Å². The lowest BCUT2D eigenvalue weighted by Crippen LogP contribution is -1.99. The number of nitrogens with zero attached hydrogens (tertiary/aromatic N) is 4. The SMILES string of the molecule is CCCCc1cc(C)cc(CCCC)c1-c1cnn(-c2cccc(Oc3ccc4c5ccccc5n(-c5cc(C)ccn5)c4c3)c2)c1. The molecule has 5 heteroatoms. The van der Waals surface area contributed by atoms with Crippen LogP contribution in [0.3, 0.4) is 0 Å². The summed E-state index contributed by atoms with van der Waals surface area (Å²) >= 11 is 0. The van der Waals surface area contributed by atoms with Crippen molar-refractivity contribution in [3.8, 4) is 34.1 Å². The number of hydrogen-bond donors (Lipinski definition) is 0. The van der Waals surface area contributed by atoms with Crippen molar-refractivity contribution < 1.29 is 4.74 Å². The molecule has 7 rings (SSSR count). The fraction of sp³-hybridized carbons (Fsp3) is 0.238. The highest BCUT2D eigenvalue weighted by Gasteiger charge is 2.16. The maximum Gasteiger partial charge on any atom is 0.137 e. The van der Waals surface area contributed by atoms with Gasteiger partial charge >= 0.3 is 0 Å². The van der Waals surface area contributed by atoms with E-state index < -0.39 is 0 Å². The smallest absolute Gasteiger partial charge is 0.137 e. The van der Waals surface area contributed by atoms with Crippen LogP contribution in [0.2, 0.25) is 0 Å². The third-order valence-corrected chi connectivity index (χ3v) is 9.01. The number of fused-ring (bicyclic) bond motifs is 3. The first-order valence-corrected chi connectivity index (χ1v) is 16.9. The number of hydrogen-bond acceptors (Lipinski definition) is 3. The van der Waals surface area contributed by atoms with Crippen molar-refractivity contribution in [3.05, 3.63) is 132 Å². The quantitative estimate of drug-likeness (QED) is 0.145. The summed E-state index contributed by atoms with van der Waals surface area (Å²) in [4.78, 5) is 4.72. The van der Waals surface area contributed by atoms with E-state index in [1.807, 2.05) is 35.3 Å². The molecule has 0 aliphatic carbocycles. The third-order valence-electron chi connectivity index (χ3n) is 9.01. The second-order valence-electron chi connectivity index (χ2n) is 12.7. The molecule has 0 radical (unpaired) electrons. The Balaban J connectivity index is 1.22. The van der Waals surface area contributed by atoms with Crippen molar-refractivity contribution >= 4 is 21.8 Å². The summed E-state index contributed by atoms with van der Waals surface area (Å²) in [5.41, 5.74) is 11.1. The van der Waals surface area contributed by atoms with E-state index in [9.17, 15) is 0 Å². The van der Waals surface area contributed by atoms with Crippen molar-refractivity contribution in [1.29, 1.82) is 0 Å². The maximum absolute atomic E-state index is 6.52. The van der Waals surface area contributed by atoms with Gasteiger partial charge in [0, 0.05) is 40.9 Å². The highest BCUT2D eigenvalue weighted by molar-refractivity contribution is 6.09. The molecule has 0 amide bonds. The highest BCUT2D eigenvalue weighted by atomic mass is 16.5. The van der Waals surface area contributed by atoms with Gasteiger partial charge in [0.05, 0.1) is 22.9 Å². The van der Waals surface area contributed by atoms with Crippen LogP contribution in [0.15, 0.2) is 110 Å². The predicted molar refractivity (Wildman–Crippen MR) is 194 cm³/mol. The third kappa shape index (κ3) is 6.18. The van der Waals surface area contributed by atoms with Crippen LogP contribution in [-0.4, -0.2) is 19.3 Å². The minimum Gasteiger partial charge on any atom is -0.457 e. The van der Waals surface area contributed by atoms with E-state index >= 15 is 0 Å². The van der Waals surface area contributed by atoms with E-state index in [2.05, 4.69) is 111 Å². The van der Waals surface area contributed by atoms with Crippen LogP contribution in [0.5, 0.6) is 11.5 Å². The largest absolute Gasteiger partial charge is 0.457 e. The molecule has 0 atom stereocenters. The van der Waals surface area contributed by atoms with Gasteiger partial charge in [-0.25, -0.2) is 9.67 Å². The summed E-state index contributed by atoms with van der Waals surface area (Å²) in [7, 11) is 0. The van der Waals surface area contributed by atoms with E-state index in [0.717, 1.165) is 46.9 Å². The van der Waals surface area contributed by atoms with Crippen molar-refractivity contribution in [1.82, 2.24) is 19.3 Å². The molecule has 3 aromatic heterocycles. The zero-order valence-electron chi connectivity index (χ0n) is 27.8. The van der Waals surface area contributed by atoms with Gasteiger partial charge in [0.1, 0.15) is 17.3 Å². The summed E-state index contributed by atoms with van der Waals surface area (Å²) in [6.07, 6.45) is 13.0. The molecule has 3 heterocycles. The molecule has 236 valence electrons. The van der Waals surface area contributed by atoms with Gasteiger partial charge in [-0.1, -0.05) is 68.7 Å². The maximum atomic E-state index is 6.52. The number of para-hydroxylation sites is 1. The van der Waals surface area contributed by atoms with Crippen LogP contribution >= 0.6 is 0 Å². The molecule has 0 unspecified atom stereocenters. The Morgan fingerprint density at radius 3 is 2.19 bits per heavy atom. The fourth-order valence-corrected chi connectivity index (χ4v) is 6.76. The number of rotatable bonds is 11. The molecule has 7 aromatic rings. The molecule has 47 heavy (non-hydrogen) atoms. The molecule has 4 aromatic carbocycles. The topological polar surface area (TPSA) is 44.9 Å². The minimum absolute atomic E-state index is 0.762. The molecule has 0 aliphatic rings. The van der Waals surface area contributed by atoms with Crippen LogP contribution < -0.4 is 4.74 Å². The minimum atomic E-state index is 0.762. The number of unbranched alkanes of at least 4 members (excludes halogenated alkanes) is 2. The first-order chi connectivity index (χ1) is 23.0. The number of aryl methyl sites for hydroxylation is 4. The Hall–Kier alpha value is -5.16. The Bertz CT molecular complexity index is 2160. The van der Waals surface area contributed by atoms with E-state index in [4.69, 9.17) is 14.8 Å². The first kappa shape index (κ1) is 30.5. The second kappa shape index (κ2) is 13.3. The lowest BCUT2D eigenvalue weighted by Gasteiger charge is -2.15. The van der Waals surface area contributed by atoms with E-state index in [1.54, 1.807) is 0 Å². The summed E-state index contributed by atoms with van der Waals surface area (Å²) in [5.74, 6) is 2.43. The normalized spacial score (nSPS) is 11.5. The number of pyridine rings is 1. The van der Waals surface area contributed by atoms with Gasteiger partial charge in [-0.3, -0.25) is 4.57 Å². The van der Waals surface area contributed by atoms with Gasteiger partial charge < -0.3 is 4.74 Å². The lowest BCUT2D eigenvalue weighted by molar-refractivity contribution is 0.483. The van der Waals surface area contributed by atoms with Crippen LogP contribution in [-0.2, 0) is 12.8 Å². The van der Waals surface area contributed by atoms with Crippen molar-refractivity contribution in [2.75, 3.05) is 0 Å². The molecule has 0 saturated carbocycles. The van der Waals surface area contributed by atoms with Gasteiger partial charge in [0.15, 0.2) is 0 Å². The van der Waals surface area contributed by atoms with Crippen molar-refractivity contribution in [2.24, 2.45) is 0 Å². The summed E-state index contributed by atoms with van der Waals surface area (Å²) in [6, 6.07) is 31.9. The summed E-state index contributed by atoms with van der Waals surface area (Å²) in [5, 5.41) is 7.21. The highest BCUT2D eigenvalue weighted by Crippen LogP contribution is 2.36. The Morgan fingerprint density at radius 2 is 1.43 bits per heavy atom. The molecular formula is C42H42N4O. The predicted octanol–water partition coefficient (Wildman–Crippen LogP) is 11.1. The molecule has 0 aliphatic heterocycles. The zero-order chi connectivity index (χ0) is 32.3. The molecular weight excluding hydrogens is 576 g/mol. The van der Waals surface area contributed by atoms with Crippen molar-refractivity contribution in [2.45, 2.75) is 66.2 Å². The lowest BCUT2D eigenvalue weighted by atomic mass is 9.89. The molecule has 0 spiro atoms. The van der Waals surface area contributed by atoms with Gasteiger partial charge in [0.2, 0.25) is 0 Å². The van der Waals surface area contributed by atoms with E-state index in [-0.39, 0.29) is 0 Å². The van der Waals surface area contributed by atoms with Gasteiger partial charge in [0.25, 0.3) is 0 Å². The molecule has 0 bridgehead atoms. The monoisotopic (exact) mass is 618 g/mol. The van der Waals surface area contributed by atoms with Gasteiger partial charge in [-0.2, -0.15) is 5.10 Å².